The number of sulfonamides is 1. The molecule has 4 N–H and O–H groups in total. The second-order valence-electron chi connectivity index (χ2n) is 4.26. The van der Waals surface area contributed by atoms with E-state index in [1.165, 1.54) is 12.3 Å². The summed E-state index contributed by atoms with van der Waals surface area (Å²) in [6.07, 6.45) is 1.44. The first kappa shape index (κ1) is 16.1. The zero-order valence-electron chi connectivity index (χ0n) is 11.3. The number of rotatable bonds is 9. The minimum atomic E-state index is -3.46. The molecule has 1 aromatic heterocycles. The van der Waals surface area contributed by atoms with E-state index >= 15 is 0 Å². The van der Waals surface area contributed by atoms with Gasteiger partial charge in [-0.25, -0.2) is 13.1 Å². The summed E-state index contributed by atoms with van der Waals surface area (Å²) in [6.45, 7) is 2.65. The van der Waals surface area contributed by atoms with Gasteiger partial charge in [0, 0.05) is 45.2 Å². The van der Waals surface area contributed by atoms with Crippen LogP contribution < -0.4 is 10.5 Å². The van der Waals surface area contributed by atoms with Gasteiger partial charge < -0.3 is 20.4 Å². The molecule has 0 unspecified atom stereocenters. The first-order valence-corrected chi connectivity index (χ1v) is 7.52. The van der Waals surface area contributed by atoms with Crippen LogP contribution in [0.2, 0.25) is 0 Å². The number of aromatic nitrogens is 1. The second-order valence-corrected chi connectivity index (χ2v) is 6.03. The zero-order chi connectivity index (χ0) is 14.3. The Hall–Kier alpha value is -0.930. The van der Waals surface area contributed by atoms with Gasteiger partial charge in [0.15, 0.2) is 0 Å². The van der Waals surface area contributed by atoms with Crippen LogP contribution in [0.15, 0.2) is 17.2 Å². The van der Waals surface area contributed by atoms with E-state index in [-0.39, 0.29) is 11.4 Å². The van der Waals surface area contributed by atoms with Crippen molar-refractivity contribution in [3.8, 4) is 0 Å². The largest absolute Gasteiger partial charge is 0.383 e. The summed E-state index contributed by atoms with van der Waals surface area (Å²) in [5.74, 6) is 0. The Morgan fingerprint density at radius 3 is 2.79 bits per heavy atom. The van der Waals surface area contributed by atoms with Crippen LogP contribution in [-0.4, -0.2) is 58.7 Å². The van der Waals surface area contributed by atoms with Crippen LogP contribution in [-0.2, 0) is 21.3 Å². The van der Waals surface area contributed by atoms with Crippen molar-refractivity contribution in [2.75, 3.05) is 40.4 Å². The monoisotopic (exact) mass is 290 g/mol. The predicted octanol–water partition coefficient (Wildman–Crippen LogP) is -0.670. The maximum Gasteiger partial charge on any atom is 0.242 e. The van der Waals surface area contributed by atoms with Crippen LogP contribution in [0.3, 0.4) is 0 Å². The number of hydrogen-bond acceptors (Lipinski definition) is 5. The topological polar surface area (TPSA) is 100 Å². The summed E-state index contributed by atoms with van der Waals surface area (Å²) in [6, 6.07) is 1.54. The highest BCUT2D eigenvalue weighted by Gasteiger charge is 2.15. The number of H-pyrrole nitrogens is 1. The van der Waals surface area contributed by atoms with Gasteiger partial charge in [0.05, 0.1) is 11.5 Å². The molecule has 7 nitrogen and oxygen atoms in total. The molecule has 0 aliphatic rings. The Labute approximate surface area is 114 Å². The highest BCUT2D eigenvalue weighted by molar-refractivity contribution is 7.89. The number of hydrogen-bond donors (Lipinski definition) is 3. The fraction of sp³-hybridized carbons (Fsp3) is 0.636. The van der Waals surface area contributed by atoms with Gasteiger partial charge in [-0.05, 0) is 13.1 Å². The van der Waals surface area contributed by atoms with Crippen molar-refractivity contribution in [3.05, 3.63) is 18.0 Å². The minimum Gasteiger partial charge on any atom is -0.383 e. The molecule has 0 spiro atoms. The summed E-state index contributed by atoms with van der Waals surface area (Å²) in [4.78, 5) is 5.03. The zero-order valence-corrected chi connectivity index (χ0v) is 12.2. The van der Waals surface area contributed by atoms with Gasteiger partial charge in [-0.1, -0.05) is 0 Å². The molecule has 0 atom stereocenters. The normalized spacial score (nSPS) is 12.2. The Bertz CT molecular complexity index is 472. The number of methoxy groups -OCH3 is 1. The van der Waals surface area contributed by atoms with E-state index in [1.54, 1.807) is 7.11 Å². The number of nitrogens with one attached hydrogen (secondary N) is 2. The Kier molecular flexibility index (Phi) is 6.46. The van der Waals surface area contributed by atoms with Crippen molar-refractivity contribution in [1.82, 2.24) is 14.6 Å². The number of likely N-dealkylation sites (N-methyl/N-ethyl adjacent to an activating group) is 1. The van der Waals surface area contributed by atoms with Gasteiger partial charge >= 0.3 is 0 Å². The molecular formula is C11H22N4O3S. The molecule has 0 saturated carbocycles. The van der Waals surface area contributed by atoms with Crippen molar-refractivity contribution >= 4 is 10.0 Å². The summed E-state index contributed by atoms with van der Waals surface area (Å²) in [7, 11) is 0.0888. The molecule has 0 bridgehead atoms. The molecule has 0 aromatic carbocycles. The van der Waals surface area contributed by atoms with Gasteiger partial charge in [0.1, 0.15) is 0 Å². The van der Waals surface area contributed by atoms with Crippen LogP contribution in [0.5, 0.6) is 0 Å². The fourth-order valence-electron chi connectivity index (χ4n) is 1.51. The Morgan fingerprint density at radius 2 is 2.21 bits per heavy atom. The molecule has 110 valence electrons. The van der Waals surface area contributed by atoms with Crippen molar-refractivity contribution in [2.24, 2.45) is 5.73 Å². The lowest BCUT2D eigenvalue weighted by molar-refractivity contribution is 0.162. The highest BCUT2D eigenvalue weighted by atomic mass is 32.2. The summed E-state index contributed by atoms with van der Waals surface area (Å²) in [5, 5.41) is 0. The van der Waals surface area contributed by atoms with E-state index in [0.717, 1.165) is 6.54 Å². The molecule has 0 aliphatic heterocycles. The predicted molar refractivity (Wildman–Crippen MR) is 73.2 cm³/mol. The minimum absolute atomic E-state index is 0.215. The lowest BCUT2D eigenvalue weighted by atomic mass is 10.4. The molecule has 0 amide bonds. The van der Waals surface area contributed by atoms with E-state index in [4.69, 9.17) is 10.5 Å². The number of nitrogens with zero attached hydrogens (tertiary/aromatic N) is 1. The lowest BCUT2D eigenvalue weighted by Gasteiger charge is -2.15. The smallest absolute Gasteiger partial charge is 0.242 e. The number of aromatic amines is 1. The van der Waals surface area contributed by atoms with Gasteiger partial charge in [-0.2, -0.15) is 0 Å². The SMILES string of the molecule is COCCN(C)CCNS(=O)(=O)c1c[nH]c(CN)c1. The Morgan fingerprint density at radius 1 is 1.47 bits per heavy atom. The maximum atomic E-state index is 11.9. The molecule has 0 radical (unpaired) electrons. The maximum absolute atomic E-state index is 11.9. The van der Waals surface area contributed by atoms with Crippen molar-refractivity contribution in [1.29, 1.82) is 0 Å². The molecule has 1 heterocycles. The third-order valence-electron chi connectivity index (χ3n) is 2.71. The van der Waals surface area contributed by atoms with E-state index in [9.17, 15) is 8.42 Å². The molecule has 0 fully saturated rings. The molecule has 19 heavy (non-hydrogen) atoms. The Balaban J connectivity index is 2.43. The average molecular weight is 290 g/mol. The molecule has 1 rings (SSSR count). The van der Waals surface area contributed by atoms with Crippen molar-refractivity contribution in [2.45, 2.75) is 11.4 Å². The summed E-state index contributed by atoms with van der Waals surface area (Å²) in [5.41, 5.74) is 6.12. The van der Waals surface area contributed by atoms with E-state index in [2.05, 4.69) is 9.71 Å². The van der Waals surface area contributed by atoms with Crippen LogP contribution >= 0.6 is 0 Å². The van der Waals surface area contributed by atoms with Gasteiger partial charge in [-0.15, -0.1) is 0 Å². The second kappa shape index (κ2) is 7.61. The quantitative estimate of drug-likeness (QED) is 0.560. The van der Waals surface area contributed by atoms with Crippen LogP contribution in [0, 0.1) is 0 Å². The molecule has 0 aliphatic carbocycles. The van der Waals surface area contributed by atoms with Crippen molar-refractivity contribution in [3.63, 3.8) is 0 Å². The number of nitrogens with two attached hydrogens (primary N) is 1. The van der Waals surface area contributed by atoms with Gasteiger partial charge in [0.2, 0.25) is 10.0 Å². The molecular weight excluding hydrogens is 268 g/mol. The standard InChI is InChI=1S/C11H22N4O3S/c1-15(5-6-18-2)4-3-14-19(16,17)11-7-10(8-12)13-9-11/h7,9,13-14H,3-6,8,12H2,1-2H3. The summed E-state index contributed by atoms with van der Waals surface area (Å²) >= 11 is 0. The van der Waals surface area contributed by atoms with Gasteiger partial charge in [-0.3, -0.25) is 0 Å². The van der Waals surface area contributed by atoms with Crippen LogP contribution in [0.1, 0.15) is 5.69 Å². The van der Waals surface area contributed by atoms with E-state index in [0.29, 0.717) is 25.4 Å². The van der Waals surface area contributed by atoms with Crippen LogP contribution in [0.25, 0.3) is 0 Å². The van der Waals surface area contributed by atoms with E-state index in [1.807, 2.05) is 11.9 Å². The van der Waals surface area contributed by atoms with Gasteiger partial charge in [0.25, 0.3) is 0 Å². The number of ether oxygens (including phenoxy) is 1. The lowest BCUT2D eigenvalue weighted by Crippen LogP contribution is -2.34. The first-order valence-electron chi connectivity index (χ1n) is 6.04. The highest BCUT2D eigenvalue weighted by Crippen LogP contribution is 2.09. The third-order valence-corrected chi connectivity index (χ3v) is 4.15. The third kappa shape index (κ3) is 5.29. The van der Waals surface area contributed by atoms with Crippen molar-refractivity contribution < 1.29 is 13.2 Å². The first-order chi connectivity index (χ1) is 8.99. The summed E-state index contributed by atoms with van der Waals surface area (Å²) < 4.78 is 31.4. The van der Waals surface area contributed by atoms with E-state index < -0.39 is 10.0 Å². The average Bonchev–Trinajstić information content (AvgIpc) is 2.85. The van der Waals surface area contributed by atoms with Crippen LogP contribution in [0.4, 0.5) is 0 Å². The molecule has 8 heteroatoms. The fourth-order valence-corrected chi connectivity index (χ4v) is 2.54. The molecule has 0 saturated heterocycles. The molecule has 1 aromatic rings.